The van der Waals surface area contributed by atoms with Crippen molar-refractivity contribution >= 4 is 28.5 Å². The SMILES string of the molecule is CC1(C)C(=O)Nc2c(OC(=O)c3cccc(OCc4ccc5ccccc5n4)c3)cccc21. The van der Waals surface area contributed by atoms with Crippen LogP contribution in [0.4, 0.5) is 5.69 Å². The lowest BCUT2D eigenvalue weighted by atomic mass is 9.86. The van der Waals surface area contributed by atoms with Crippen LogP contribution in [0.5, 0.6) is 11.5 Å². The molecule has 0 fully saturated rings. The Kier molecular flexibility index (Phi) is 5.05. The van der Waals surface area contributed by atoms with Gasteiger partial charge in [-0.05, 0) is 55.8 Å². The van der Waals surface area contributed by atoms with Gasteiger partial charge in [-0.15, -0.1) is 0 Å². The van der Waals surface area contributed by atoms with Crippen LogP contribution in [0, 0.1) is 0 Å². The van der Waals surface area contributed by atoms with Crippen molar-refractivity contribution in [3.05, 3.63) is 95.7 Å². The highest BCUT2D eigenvalue weighted by Crippen LogP contribution is 2.42. The van der Waals surface area contributed by atoms with E-state index in [1.54, 1.807) is 36.4 Å². The van der Waals surface area contributed by atoms with Crippen molar-refractivity contribution in [2.24, 2.45) is 0 Å². The van der Waals surface area contributed by atoms with Gasteiger partial charge in [0.15, 0.2) is 5.75 Å². The van der Waals surface area contributed by atoms with Gasteiger partial charge in [-0.25, -0.2) is 9.78 Å². The van der Waals surface area contributed by atoms with E-state index in [0.717, 1.165) is 22.2 Å². The van der Waals surface area contributed by atoms with E-state index in [1.807, 2.05) is 56.3 Å². The van der Waals surface area contributed by atoms with Crippen LogP contribution >= 0.6 is 0 Å². The van der Waals surface area contributed by atoms with Crippen LogP contribution in [0.15, 0.2) is 78.9 Å². The molecule has 0 radical (unpaired) electrons. The van der Waals surface area contributed by atoms with Crippen molar-refractivity contribution < 1.29 is 19.1 Å². The molecule has 0 saturated heterocycles. The largest absolute Gasteiger partial charge is 0.487 e. The Morgan fingerprint density at radius 2 is 1.79 bits per heavy atom. The fourth-order valence-corrected chi connectivity index (χ4v) is 3.88. The highest BCUT2D eigenvalue weighted by Gasteiger charge is 2.40. The summed E-state index contributed by atoms with van der Waals surface area (Å²) in [5.41, 5.74) is 2.71. The van der Waals surface area contributed by atoms with Crippen LogP contribution < -0.4 is 14.8 Å². The van der Waals surface area contributed by atoms with Gasteiger partial charge in [-0.1, -0.05) is 42.5 Å². The van der Waals surface area contributed by atoms with Crippen molar-refractivity contribution in [2.45, 2.75) is 25.9 Å². The first-order valence-corrected chi connectivity index (χ1v) is 10.7. The van der Waals surface area contributed by atoms with E-state index in [-0.39, 0.29) is 12.5 Å². The Balaban J connectivity index is 1.31. The number of hydrogen-bond donors (Lipinski definition) is 1. The number of benzene rings is 3. The van der Waals surface area contributed by atoms with Crippen LogP contribution in [0.25, 0.3) is 10.9 Å². The molecule has 0 saturated carbocycles. The summed E-state index contributed by atoms with van der Waals surface area (Å²) < 4.78 is 11.5. The molecule has 4 aromatic rings. The number of rotatable bonds is 5. The maximum atomic E-state index is 12.8. The quantitative estimate of drug-likeness (QED) is 0.340. The van der Waals surface area contributed by atoms with Gasteiger partial charge in [0.2, 0.25) is 5.91 Å². The fourth-order valence-electron chi connectivity index (χ4n) is 3.88. The molecule has 3 aromatic carbocycles. The second-order valence-electron chi connectivity index (χ2n) is 8.46. The summed E-state index contributed by atoms with van der Waals surface area (Å²) in [5, 5.41) is 3.90. The Morgan fingerprint density at radius 3 is 2.67 bits per heavy atom. The zero-order valence-electron chi connectivity index (χ0n) is 18.3. The topological polar surface area (TPSA) is 77.5 Å². The molecule has 1 N–H and O–H groups in total. The lowest BCUT2D eigenvalue weighted by Crippen LogP contribution is -2.26. The molecule has 6 nitrogen and oxygen atoms in total. The molecule has 1 aliphatic rings. The molecule has 1 aromatic heterocycles. The standard InChI is InChI=1S/C27H22N2O4/c1-27(2)21-10-6-12-23(24(21)29-26(27)31)33-25(30)18-8-5-9-20(15-18)32-16-19-14-13-17-7-3-4-11-22(17)28-19/h3-15H,16H2,1-2H3,(H,29,31). The number of fused-ring (bicyclic) bond motifs is 2. The number of carbonyl (C=O) groups excluding carboxylic acids is 2. The molecule has 1 amide bonds. The maximum Gasteiger partial charge on any atom is 0.343 e. The molecule has 0 atom stereocenters. The fraction of sp³-hybridized carbons (Fsp3) is 0.148. The molecule has 33 heavy (non-hydrogen) atoms. The highest BCUT2D eigenvalue weighted by atomic mass is 16.5. The van der Waals surface area contributed by atoms with Gasteiger partial charge in [-0.3, -0.25) is 4.79 Å². The molecule has 6 heteroatoms. The monoisotopic (exact) mass is 438 g/mol. The van der Waals surface area contributed by atoms with Crippen molar-refractivity contribution in [1.29, 1.82) is 0 Å². The molecule has 164 valence electrons. The van der Waals surface area contributed by atoms with Gasteiger partial charge >= 0.3 is 5.97 Å². The first kappa shape index (κ1) is 20.7. The third-order valence-corrected chi connectivity index (χ3v) is 5.82. The Hall–Kier alpha value is -4.19. The number of esters is 1. The molecule has 0 spiro atoms. The normalized spacial score (nSPS) is 13.9. The molecule has 1 aliphatic heterocycles. The van der Waals surface area contributed by atoms with Gasteiger partial charge in [0.25, 0.3) is 0 Å². The number of nitrogens with one attached hydrogen (secondary N) is 1. The molecule has 0 unspecified atom stereocenters. The molecular formula is C27H22N2O4. The van der Waals surface area contributed by atoms with E-state index in [4.69, 9.17) is 9.47 Å². The number of aromatic nitrogens is 1. The molecular weight excluding hydrogens is 416 g/mol. The number of amides is 1. The second kappa shape index (κ2) is 8.06. The Bertz CT molecular complexity index is 1390. The van der Waals surface area contributed by atoms with Crippen molar-refractivity contribution in [2.75, 3.05) is 5.32 Å². The van der Waals surface area contributed by atoms with Crippen molar-refractivity contribution in [3.63, 3.8) is 0 Å². The van der Waals surface area contributed by atoms with Gasteiger partial charge in [0, 0.05) is 5.39 Å². The number of hydrogen-bond acceptors (Lipinski definition) is 5. The summed E-state index contributed by atoms with van der Waals surface area (Å²) in [6.45, 7) is 3.95. The van der Waals surface area contributed by atoms with E-state index >= 15 is 0 Å². The first-order chi connectivity index (χ1) is 15.9. The number of pyridine rings is 1. The predicted molar refractivity (Wildman–Crippen MR) is 126 cm³/mol. The second-order valence-corrected chi connectivity index (χ2v) is 8.46. The van der Waals surface area contributed by atoms with Crippen LogP contribution in [-0.2, 0) is 16.8 Å². The average molecular weight is 438 g/mol. The maximum absolute atomic E-state index is 12.8. The summed E-state index contributed by atoms with van der Waals surface area (Å²) in [6.07, 6.45) is 0. The van der Waals surface area contributed by atoms with Gasteiger partial charge in [0.1, 0.15) is 12.4 Å². The number of para-hydroxylation sites is 2. The lowest BCUT2D eigenvalue weighted by molar-refractivity contribution is -0.119. The number of nitrogens with zero attached hydrogens (tertiary/aromatic N) is 1. The van der Waals surface area contributed by atoms with E-state index < -0.39 is 11.4 Å². The molecule has 0 bridgehead atoms. The van der Waals surface area contributed by atoms with Gasteiger partial charge < -0.3 is 14.8 Å². The smallest absolute Gasteiger partial charge is 0.343 e. The number of carbonyl (C=O) groups is 2. The summed E-state index contributed by atoms with van der Waals surface area (Å²) in [5.74, 6) is 0.200. The average Bonchev–Trinajstić information content (AvgIpc) is 3.07. The van der Waals surface area contributed by atoms with Gasteiger partial charge in [-0.2, -0.15) is 0 Å². The summed E-state index contributed by atoms with van der Waals surface area (Å²) in [4.78, 5) is 29.7. The summed E-state index contributed by atoms with van der Waals surface area (Å²) in [6, 6.07) is 23.9. The van der Waals surface area contributed by atoms with E-state index in [2.05, 4.69) is 10.3 Å². The van der Waals surface area contributed by atoms with Crippen molar-refractivity contribution in [3.8, 4) is 11.5 Å². The predicted octanol–water partition coefficient (Wildman–Crippen LogP) is 5.26. The van der Waals surface area contributed by atoms with E-state index in [9.17, 15) is 9.59 Å². The zero-order valence-corrected chi connectivity index (χ0v) is 18.3. The minimum atomic E-state index is -0.678. The van der Waals surface area contributed by atoms with Crippen molar-refractivity contribution in [1.82, 2.24) is 4.98 Å². The third-order valence-electron chi connectivity index (χ3n) is 5.82. The summed E-state index contributed by atoms with van der Waals surface area (Å²) in [7, 11) is 0. The number of anilines is 1. The Morgan fingerprint density at radius 1 is 0.970 bits per heavy atom. The number of ether oxygens (including phenoxy) is 2. The summed E-state index contributed by atoms with van der Waals surface area (Å²) >= 11 is 0. The third kappa shape index (κ3) is 3.91. The van der Waals surface area contributed by atoms with Crippen LogP contribution in [0.3, 0.4) is 0 Å². The highest BCUT2D eigenvalue weighted by molar-refractivity contribution is 6.07. The Labute approximate surface area is 191 Å². The minimum absolute atomic E-state index is 0.126. The van der Waals surface area contributed by atoms with Gasteiger partial charge in [0.05, 0.1) is 27.9 Å². The molecule has 5 rings (SSSR count). The van der Waals surface area contributed by atoms with E-state index in [1.165, 1.54) is 0 Å². The molecule has 0 aliphatic carbocycles. The van der Waals surface area contributed by atoms with Crippen LogP contribution in [0.1, 0.15) is 35.5 Å². The van der Waals surface area contributed by atoms with E-state index in [0.29, 0.717) is 22.7 Å². The van der Waals surface area contributed by atoms with Crippen LogP contribution in [-0.4, -0.2) is 16.9 Å². The minimum Gasteiger partial charge on any atom is -0.487 e. The lowest BCUT2D eigenvalue weighted by Gasteiger charge is -2.15. The van der Waals surface area contributed by atoms with Crippen LogP contribution in [0.2, 0.25) is 0 Å². The zero-order chi connectivity index (χ0) is 23.0. The molecule has 2 heterocycles. The first-order valence-electron chi connectivity index (χ1n) is 10.7.